The molecule has 0 amide bonds. The van der Waals surface area contributed by atoms with Gasteiger partial charge in [-0.25, -0.2) is 14.5 Å². The first-order chi connectivity index (χ1) is 19.9. The number of benzene rings is 3. The Hall–Kier alpha value is -4.69. The largest absolute Gasteiger partial charge is 0.524 e. The van der Waals surface area contributed by atoms with E-state index in [1.54, 1.807) is 18.4 Å². The van der Waals surface area contributed by atoms with Crippen molar-refractivity contribution in [3.8, 4) is 22.9 Å². The standard InChI is InChI=1S/C31H26N3O6P/c35-41(36,37)40-25-15-13-23(14-16-25)21-39-31-28(19-26-12-7-17-38-26)33-30-27(18-22-8-3-1-4-9-22)32-29(20-34(30)31)24-10-5-2-6-11-24/h1-17,20H,18-19,21H2,(H2,35,36,37). The van der Waals surface area contributed by atoms with E-state index in [1.165, 1.54) is 12.1 Å². The van der Waals surface area contributed by atoms with Crippen LogP contribution in [0.1, 0.15) is 28.3 Å². The Kier molecular flexibility index (Phi) is 7.39. The summed E-state index contributed by atoms with van der Waals surface area (Å²) in [5.74, 6) is 1.37. The van der Waals surface area contributed by atoms with Crippen LogP contribution in [-0.2, 0) is 24.0 Å². The Bertz CT molecular complexity index is 1800. The summed E-state index contributed by atoms with van der Waals surface area (Å²) in [6, 6.07) is 30.2. The molecule has 3 aromatic heterocycles. The zero-order valence-electron chi connectivity index (χ0n) is 21.8. The zero-order valence-corrected chi connectivity index (χ0v) is 22.7. The van der Waals surface area contributed by atoms with Crippen molar-refractivity contribution < 1.29 is 28.0 Å². The minimum absolute atomic E-state index is 0.0690. The summed E-state index contributed by atoms with van der Waals surface area (Å²) in [5.41, 5.74) is 5.85. The topological polar surface area (TPSA) is 119 Å². The Morgan fingerprint density at radius 1 is 0.780 bits per heavy atom. The van der Waals surface area contributed by atoms with Gasteiger partial charge in [0, 0.05) is 18.2 Å². The molecular weight excluding hydrogens is 541 g/mol. The van der Waals surface area contributed by atoms with Crippen LogP contribution in [0.15, 0.2) is 114 Å². The Morgan fingerprint density at radius 3 is 2.20 bits per heavy atom. The molecule has 3 aromatic carbocycles. The number of hydrogen-bond donors (Lipinski definition) is 2. The molecule has 6 rings (SSSR count). The molecule has 0 aliphatic rings. The number of ether oxygens (including phenoxy) is 1. The SMILES string of the molecule is O=P(O)(O)Oc1ccc(COc2c(Cc3ccco3)nc3c(Cc4ccccc4)nc(-c4ccccc4)cn23)cc1. The van der Waals surface area contributed by atoms with Crippen LogP contribution in [0.2, 0.25) is 0 Å². The second-order valence-corrected chi connectivity index (χ2v) is 10.6. The first-order valence-corrected chi connectivity index (χ1v) is 14.4. The average molecular weight is 568 g/mol. The fourth-order valence-corrected chi connectivity index (χ4v) is 4.97. The lowest BCUT2D eigenvalue weighted by atomic mass is 10.1. The van der Waals surface area contributed by atoms with Gasteiger partial charge in [0.05, 0.1) is 24.1 Å². The van der Waals surface area contributed by atoms with Crippen LogP contribution in [0.3, 0.4) is 0 Å². The van der Waals surface area contributed by atoms with Gasteiger partial charge in [0.1, 0.15) is 23.8 Å². The van der Waals surface area contributed by atoms with Gasteiger partial charge in [-0.3, -0.25) is 14.2 Å². The number of nitrogens with zero attached hydrogens (tertiary/aromatic N) is 3. The molecule has 6 aromatic rings. The summed E-state index contributed by atoms with van der Waals surface area (Å²) in [6.07, 6.45) is 4.57. The van der Waals surface area contributed by atoms with Gasteiger partial charge >= 0.3 is 7.82 Å². The number of hydrogen-bond acceptors (Lipinski definition) is 6. The van der Waals surface area contributed by atoms with E-state index < -0.39 is 7.82 Å². The van der Waals surface area contributed by atoms with E-state index >= 15 is 0 Å². The Balaban J connectivity index is 1.42. The lowest BCUT2D eigenvalue weighted by Gasteiger charge is -2.12. The van der Waals surface area contributed by atoms with Crippen LogP contribution in [0.4, 0.5) is 0 Å². The van der Waals surface area contributed by atoms with E-state index in [0.717, 1.165) is 33.8 Å². The lowest BCUT2D eigenvalue weighted by molar-refractivity contribution is 0.282. The molecule has 0 aliphatic carbocycles. The maximum absolute atomic E-state index is 11.2. The van der Waals surface area contributed by atoms with E-state index in [2.05, 4.69) is 16.7 Å². The molecule has 0 unspecified atom stereocenters. The number of phosphoric ester groups is 1. The molecule has 206 valence electrons. The fraction of sp³-hybridized carbons (Fsp3) is 0.0968. The number of rotatable bonds is 10. The van der Waals surface area contributed by atoms with Crippen molar-refractivity contribution in [3.63, 3.8) is 0 Å². The third-order valence-corrected chi connectivity index (χ3v) is 6.88. The molecule has 10 heteroatoms. The van der Waals surface area contributed by atoms with E-state index in [1.807, 2.05) is 71.3 Å². The van der Waals surface area contributed by atoms with Crippen LogP contribution < -0.4 is 9.26 Å². The van der Waals surface area contributed by atoms with Gasteiger partial charge in [-0.1, -0.05) is 72.8 Å². The number of fused-ring (bicyclic) bond motifs is 1. The van der Waals surface area contributed by atoms with Gasteiger partial charge in [-0.05, 0) is 35.4 Å². The second-order valence-electron chi connectivity index (χ2n) is 9.43. The summed E-state index contributed by atoms with van der Waals surface area (Å²) >= 11 is 0. The molecule has 0 fully saturated rings. The number of aromatic nitrogens is 3. The molecule has 0 radical (unpaired) electrons. The monoisotopic (exact) mass is 567 g/mol. The molecule has 2 N–H and O–H groups in total. The van der Waals surface area contributed by atoms with E-state index in [9.17, 15) is 4.57 Å². The zero-order chi connectivity index (χ0) is 28.2. The summed E-state index contributed by atoms with van der Waals surface area (Å²) in [4.78, 5) is 28.2. The molecular formula is C31H26N3O6P. The first kappa shape index (κ1) is 26.5. The van der Waals surface area contributed by atoms with Crippen LogP contribution in [0, 0.1) is 0 Å². The maximum atomic E-state index is 11.2. The summed E-state index contributed by atoms with van der Waals surface area (Å²) in [6.45, 7) is 0.187. The predicted octanol–water partition coefficient (Wildman–Crippen LogP) is 6.22. The Morgan fingerprint density at radius 2 is 1.51 bits per heavy atom. The number of furan rings is 1. The number of imidazole rings is 1. The van der Waals surface area contributed by atoms with Crippen LogP contribution in [-0.4, -0.2) is 24.2 Å². The normalized spacial score (nSPS) is 11.6. The molecule has 0 atom stereocenters. The maximum Gasteiger partial charge on any atom is 0.524 e. The van der Waals surface area contributed by atoms with E-state index in [-0.39, 0.29) is 12.4 Å². The summed E-state index contributed by atoms with van der Waals surface area (Å²) in [5, 5.41) is 0. The molecule has 41 heavy (non-hydrogen) atoms. The van der Waals surface area contributed by atoms with Crippen molar-refractivity contribution in [2.75, 3.05) is 0 Å². The quantitative estimate of drug-likeness (QED) is 0.187. The smallest absolute Gasteiger partial charge is 0.472 e. The third kappa shape index (κ3) is 6.39. The fourth-order valence-electron chi connectivity index (χ4n) is 4.57. The van der Waals surface area contributed by atoms with Gasteiger partial charge in [0.25, 0.3) is 0 Å². The third-order valence-electron chi connectivity index (χ3n) is 6.43. The van der Waals surface area contributed by atoms with Gasteiger partial charge < -0.3 is 13.7 Å². The van der Waals surface area contributed by atoms with Crippen LogP contribution in [0.5, 0.6) is 11.6 Å². The van der Waals surface area contributed by atoms with Crippen LogP contribution in [0.25, 0.3) is 16.9 Å². The van der Waals surface area contributed by atoms with Crippen molar-refractivity contribution >= 4 is 13.5 Å². The number of phosphoric acid groups is 1. The molecule has 0 aliphatic heterocycles. The van der Waals surface area contributed by atoms with Gasteiger partial charge in [0.2, 0.25) is 5.88 Å². The summed E-state index contributed by atoms with van der Waals surface area (Å²) < 4.78 is 29.8. The van der Waals surface area contributed by atoms with Crippen LogP contribution >= 0.6 is 7.82 Å². The molecule has 0 saturated heterocycles. The minimum atomic E-state index is -4.64. The van der Waals surface area contributed by atoms with Gasteiger partial charge in [-0.2, -0.15) is 0 Å². The first-order valence-electron chi connectivity index (χ1n) is 12.9. The second kappa shape index (κ2) is 11.4. The van der Waals surface area contributed by atoms with Crippen molar-refractivity contribution in [2.45, 2.75) is 19.4 Å². The highest BCUT2D eigenvalue weighted by Crippen LogP contribution is 2.37. The molecule has 3 heterocycles. The predicted molar refractivity (Wildman–Crippen MR) is 153 cm³/mol. The average Bonchev–Trinajstić information content (AvgIpc) is 3.61. The van der Waals surface area contributed by atoms with E-state index in [4.69, 9.17) is 28.9 Å². The van der Waals surface area contributed by atoms with Crippen molar-refractivity contribution in [1.82, 2.24) is 14.4 Å². The van der Waals surface area contributed by atoms with Gasteiger partial charge in [0.15, 0.2) is 5.65 Å². The molecule has 0 saturated carbocycles. The molecule has 9 nitrogen and oxygen atoms in total. The summed E-state index contributed by atoms with van der Waals surface area (Å²) in [7, 11) is -4.64. The Labute approximate surface area is 235 Å². The van der Waals surface area contributed by atoms with Crippen molar-refractivity contribution in [3.05, 3.63) is 138 Å². The highest BCUT2D eigenvalue weighted by Gasteiger charge is 2.21. The van der Waals surface area contributed by atoms with Crippen molar-refractivity contribution in [2.24, 2.45) is 0 Å². The highest BCUT2D eigenvalue weighted by atomic mass is 31.2. The minimum Gasteiger partial charge on any atom is -0.472 e. The van der Waals surface area contributed by atoms with E-state index in [0.29, 0.717) is 30.1 Å². The highest BCUT2D eigenvalue weighted by molar-refractivity contribution is 7.46. The van der Waals surface area contributed by atoms with Gasteiger partial charge in [-0.15, -0.1) is 0 Å². The lowest BCUT2D eigenvalue weighted by Crippen LogP contribution is -2.04. The molecule has 0 bridgehead atoms. The van der Waals surface area contributed by atoms with Crippen molar-refractivity contribution in [1.29, 1.82) is 0 Å². The molecule has 0 spiro atoms.